The second kappa shape index (κ2) is 8.86. The lowest BCUT2D eigenvalue weighted by Crippen LogP contribution is -2.27. The van der Waals surface area contributed by atoms with Gasteiger partial charge >= 0.3 is 0 Å². The molecule has 1 heterocycles. The van der Waals surface area contributed by atoms with Crippen LogP contribution in [0.15, 0.2) is 54.7 Å². The lowest BCUT2D eigenvalue weighted by Gasteiger charge is -2.22. The van der Waals surface area contributed by atoms with E-state index in [9.17, 15) is 4.79 Å². The lowest BCUT2D eigenvalue weighted by molar-refractivity contribution is -0.121. The Hall–Kier alpha value is -2.55. The van der Waals surface area contributed by atoms with E-state index >= 15 is 0 Å². The quantitative estimate of drug-likeness (QED) is 0.499. The molecule has 1 atom stereocenters. The second-order valence-electron chi connectivity index (χ2n) is 9.45. The van der Waals surface area contributed by atoms with Crippen molar-refractivity contribution in [3.05, 3.63) is 71.4 Å². The molecule has 1 aromatic heterocycles. The predicted octanol–water partition coefficient (Wildman–Crippen LogP) is 6.15. The van der Waals surface area contributed by atoms with Crippen LogP contribution in [-0.4, -0.2) is 17.4 Å². The zero-order valence-corrected chi connectivity index (χ0v) is 18.4. The van der Waals surface area contributed by atoms with Gasteiger partial charge in [0.1, 0.15) is 0 Å². The van der Waals surface area contributed by atoms with Gasteiger partial charge in [0.25, 0.3) is 0 Å². The van der Waals surface area contributed by atoms with Gasteiger partial charge in [0.2, 0.25) is 5.91 Å². The second-order valence-corrected chi connectivity index (χ2v) is 9.45. The summed E-state index contributed by atoms with van der Waals surface area (Å²) >= 11 is 0. The lowest BCUT2D eigenvalue weighted by atomic mass is 9.83. The van der Waals surface area contributed by atoms with Crippen LogP contribution in [-0.2, 0) is 10.2 Å². The van der Waals surface area contributed by atoms with Crippen LogP contribution in [0.25, 0.3) is 10.9 Å². The van der Waals surface area contributed by atoms with Gasteiger partial charge in [-0.3, -0.25) is 4.79 Å². The number of hydrogen-bond donors (Lipinski definition) is 2. The van der Waals surface area contributed by atoms with E-state index < -0.39 is 0 Å². The number of benzene rings is 2. The van der Waals surface area contributed by atoms with Crippen LogP contribution >= 0.6 is 0 Å². The molecule has 154 valence electrons. The molecular weight excluding hydrogens is 356 g/mol. The summed E-state index contributed by atoms with van der Waals surface area (Å²) in [5.74, 6) is 0.727. The number of aromatic amines is 1. The molecule has 0 saturated heterocycles. The summed E-state index contributed by atoms with van der Waals surface area (Å²) in [6, 6.07) is 17.1. The van der Waals surface area contributed by atoms with Crippen LogP contribution in [0.5, 0.6) is 0 Å². The third-order valence-electron chi connectivity index (χ3n) is 5.61. The van der Waals surface area contributed by atoms with Crippen molar-refractivity contribution in [2.24, 2.45) is 5.92 Å². The van der Waals surface area contributed by atoms with Crippen molar-refractivity contribution >= 4 is 16.8 Å². The van der Waals surface area contributed by atoms with Crippen molar-refractivity contribution in [2.75, 3.05) is 6.54 Å². The van der Waals surface area contributed by atoms with Crippen LogP contribution in [0.1, 0.15) is 70.1 Å². The van der Waals surface area contributed by atoms with Crippen LogP contribution < -0.4 is 5.32 Å². The van der Waals surface area contributed by atoms with E-state index in [0.717, 1.165) is 18.5 Å². The van der Waals surface area contributed by atoms with E-state index in [1.165, 1.54) is 22.1 Å². The number of amides is 1. The number of rotatable bonds is 7. The first-order chi connectivity index (χ1) is 13.8. The van der Waals surface area contributed by atoms with Gasteiger partial charge in [-0.1, -0.05) is 77.1 Å². The third-order valence-corrected chi connectivity index (χ3v) is 5.61. The summed E-state index contributed by atoms with van der Waals surface area (Å²) in [5.41, 5.74) is 4.90. The Bertz CT molecular complexity index is 945. The molecule has 0 aliphatic rings. The Labute approximate surface area is 174 Å². The number of nitrogens with one attached hydrogen (secondary N) is 2. The van der Waals surface area contributed by atoms with Crippen molar-refractivity contribution in [2.45, 2.75) is 58.8 Å². The highest BCUT2D eigenvalue weighted by atomic mass is 16.1. The molecule has 1 amide bonds. The molecule has 29 heavy (non-hydrogen) atoms. The van der Waals surface area contributed by atoms with Gasteiger partial charge in [0.15, 0.2) is 0 Å². The summed E-state index contributed by atoms with van der Waals surface area (Å²) in [6.45, 7) is 11.8. The van der Waals surface area contributed by atoms with Crippen molar-refractivity contribution in [1.82, 2.24) is 10.3 Å². The molecule has 2 aromatic carbocycles. The first kappa shape index (κ1) is 21.2. The van der Waals surface area contributed by atoms with Gasteiger partial charge in [0.05, 0.1) is 0 Å². The van der Waals surface area contributed by atoms with Crippen molar-refractivity contribution in [1.29, 1.82) is 0 Å². The van der Waals surface area contributed by atoms with Crippen LogP contribution in [0, 0.1) is 5.92 Å². The van der Waals surface area contributed by atoms with Gasteiger partial charge in [-0.15, -0.1) is 0 Å². The van der Waals surface area contributed by atoms with E-state index in [4.69, 9.17) is 0 Å². The number of fused-ring (bicyclic) bond motifs is 1. The monoisotopic (exact) mass is 390 g/mol. The van der Waals surface area contributed by atoms with Gasteiger partial charge in [-0.05, 0) is 40.5 Å². The minimum Gasteiger partial charge on any atom is -0.361 e. The first-order valence-corrected chi connectivity index (χ1v) is 10.7. The molecule has 3 heteroatoms. The number of hydrogen-bond acceptors (Lipinski definition) is 1. The summed E-state index contributed by atoms with van der Waals surface area (Å²) in [4.78, 5) is 16.1. The molecule has 0 saturated carbocycles. The Balaban J connectivity index is 1.90. The summed E-state index contributed by atoms with van der Waals surface area (Å²) in [5, 5.41) is 4.30. The molecule has 2 N–H and O–H groups in total. The molecule has 0 bridgehead atoms. The van der Waals surface area contributed by atoms with Crippen molar-refractivity contribution in [3.8, 4) is 0 Å². The van der Waals surface area contributed by atoms with Gasteiger partial charge in [0, 0.05) is 36.0 Å². The molecule has 3 rings (SSSR count). The van der Waals surface area contributed by atoms with Crippen LogP contribution in [0.2, 0.25) is 0 Å². The first-order valence-electron chi connectivity index (χ1n) is 10.7. The Morgan fingerprint density at radius 1 is 1.03 bits per heavy atom. The molecule has 3 aromatic rings. The van der Waals surface area contributed by atoms with Gasteiger partial charge in [-0.25, -0.2) is 0 Å². The maximum atomic E-state index is 12.7. The minimum absolute atomic E-state index is 0.0271. The predicted molar refractivity (Wildman–Crippen MR) is 122 cm³/mol. The smallest absolute Gasteiger partial charge is 0.220 e. The topological polar surface area (TPSA) is 44.9 Å². The van der Waals surface area contributed by atoms with E-state index in [1.807, 2.05) is 6.07 Å². The molecule has 0 aliphatic carbocycles. The van der Waals surface area contributed by atoms with Gasteiger partial charge < -0.3 is 10.3 Å². The highest BCUT2D eigenvalue weighted by Gasteiger charge is 2.22. The summed E-state index contributed by atoms with van der Waals surface area (Å²) in [7, 11) is 0. The SMILES string of the molecule is CC(C)CCNC(=O)C[C@@H](c1ccc(C(C)(C)C)cc1)c1c[nH]c2ccccc12. The fourth-order valence-electron chi connectivity index (χ4n) is 3.76. The average molecular weight is 391 g/mol. The third kappa shape index (κ3) is 5.29. The maximum Gasteiger partial charge on any atom is 0.220 e. The van der Waals surface area contributed by atoms with E-state index in [-0.39, 0.29) is 17.2 Å². The molecule has 0 fully saturated rings. The zero-order valence-electron chi connectivity index (χ0n) is 18.4. The number of para-hydroxylation sites is 1. The zero-order chi connectivity index (χ0) is 21.0. The van der Waals surface area contributed by atoms with Gasteiger partial charge in [-0.2, -0.15) is 0 Å². The standard InChI is InChI=1S/C26H34N2O/c1-18(2)14-15-27-25(29)16-22(19-10-12-20(13-11-19)26(3,4)5)23-17-28-24-9-7-6-8-21(23)24/h6-13,17-18,22,28H,14-16H2,1-5H3,(H,27,29)/t22-/m0/s1. The van der Waals surface area contributed by atoms with E-state index in [2.05, 4.69) is 93.6 Å². The Morgan fingerprint density at radius 3 is 2.38 bits per heavy atom. The largest absolute Gasteiger partial charge is 0.361 e. The molecule has 0 unspecified atom stereocenters. The maximum absolute atomic E-state index is 12.7. The minimum atomic E-state index is 0.0271. The Morgan fingerprint density at radius 2 is 1.72 bits per heavy atom. The number of carbonyl (C=O) groups excluding carboxylic acids is 1. The van der Waals surface area contributed by atoms with E-state index in [0.29, 0.717) is 12.3 Å². The number of H-pyrrole nitrogens is 1. The molecular formula is C26H34N2O. The average Bonchev–Trinajstić information content (AvgIpc) is 3.09. The molecule has 0 aliphatic heterocycles. The Kier molecular flexibility index (Phi) is 6.46. The molecule has 3 nitrogen and oxygen atoms in total. The highest BCUT2D eigenvalue weighted by Crippen LogP contribution is 2.34. The molecule has 0 spiro atoms. The normalized spacial score (nSPS) is 13.0. The summed E-state index contributed by atoms with van der Waals surface area (Å²) < 4.78 is 0. The fraction of sp³-hybridized carbons (Fsp3) is 0.423. The van der Waals surface area contributed by atoms with Crippen molar-refractivity contribution < 1.29 is 4.79 Å². The number of carbonyl (C=O) groups is 1. The summed E-state index contributed by atoms with van der Waals surface area (Å²) in [6.07, 6.45) is 3.52. The number of aromatic nitrogens is 1. The molecule has 0 radical (unpaired) electrons. The van der Waals surface area contributed by atoms with E-state index in [1.54, 1.807) is 0 Å². The van der Waals surface area contributed by atoms with Crippen LogP contribution in [0.3, 0.4) is 0 Å². The van der Waals surface area contributed by atoms with Crippen molar-refractivity contribution in [3.63, 3.8) is 0 Å². The van der Waals surface area contributed by atoms with Crippen LogP contribution in [0.4, 0.5) is 0 Å². The fourth-order valence-corrected chi connectivity index (χ4v) is 3.76. The highest BCUT2D eigenvalue weighted by molar-refractivity contribution is 5.86.